The number of rotatable bonds is 7. The molecule has 0 amide bonds. The molecule has 0 heterocycles. The lowest BCUT2D eigenvalue weighted by molar-refractivity contribution is 0.0649. The number of likely N-dealkylation sites (N-methyl/N-ethyl adjacent to an activating group) is 1. The molecule has 0 bridgehead atoms. The van der Waals surface area contributed by atoms with Gasteiger partial charge in [0.15, 0.2) is 0 Å². The van der Waals surface area contributed by atoms with Crippen LogP contribution in [0.2, 0.25) is 0 Å². The van der Waals surface area contributed by atoms with Crippen LogP contribution in [0.5, 0.6) is 11.5 Å². The predicted octanol–water partition coefficient (Wildman–Crippen LogP) is 1.64. The minimum atomic E-state index is -0.739. The summed E-state index contributed by atoms with van der Waals surface area (Å²) in [7, 11) is 5.21. The Morgan fingerprint density at radius 3 is 2.45 bits per heavy atom. The van der Waals surface area contributed by atoms with E-state index in [9.17, 15) is 5.11 Å². The molecule has 0 radical (unpaired) electrons. The van der Waals surface area contributed by atoms with Gasteiger partial charge in [-0.15, -0.1) is 0 Å². The van der Waals surface area contributed by atoms with Gasteiger partial charge in [0, 0.05) is 23.9 Å². The lowest BCUT2D eigenvalue weighted by atomic mass is 10.0. The average Bonchev–Trinajstić information content (AvgIpc) is 2.54. The van der Waals surface area contributed by atoms with Gasteiger partial charge in [-0.3, -0.25) is 4.90 Å². The van der Waals surface area contributed by atoms with Gasteiger partial charge in [-0.05, 0) is 24.7 Å². The third-order valence-corrected chi connectivity index (χ3v) is 3.66. The predicted molar refractivity (Wildman–Crippen MR) is 86.5 cm³/mol. The zero-order valence-electron chi connectivity index (χ0n) is 13.2. The molecule has 2 aromatic rings. The summed E-state index contributed by atoms with van der Waals surface area (Å²) in [5, 5.41) is 20.5. The molecule has 1 unspecified atom stereocenters. The topological polar surface area (TPSA) is 62.2 Å². The Hall–Kier alpha value is -1.82. The highest BCUT2D eigenvalue weighted by molar-refractivity contribution is 5.95. The van der Waals surface area contributed by atoms with Gasteiger partial charge >= 0.3 is 0 Å². The molecule has 2 N–H and O–H groups in total. The number of ether oxygens (including phenoxy) is 2. The number of methoxy groups -OCH3 is 2. The van der Waals surface area contributed by atoms with E-state index in [1.54, 1.807) is 14.2 Å². The zero-order chi connectivity index (χ0) is 16.1. The Labute approximate surface area is 130 Å². The molecule has 0 saturated heterocycles. The first-order valence-corrected chi connectivity index (χ1v) is 7.20. The quantitative estimate of drug-likeness (QED) is 0.814. The molecule has 0 aliphatic rings. The Balaban J connectivity index is 2.41. The summed E-state index contributed by atoms with van der Waals surface area (Å²) >= 11 is 0. The van der Waals surface area contributed by atoms with Gasteiger partial charge in [0.2, 0.25) is 0 Å². The molecule has 5 heteroatoms. The van der Waals surface area contributed by atoms with Gasteiger partial charge in [0.05, 0.1) is 26.9 Å². The lowest BCUT2D eigenvalue weighted by Crippen LogP contribution is -2.31. The fraction of sp³-hybridized carbons (Fsp3) is 0.412. The van der Waals surface area contributed by atoms with E-state index in [1.165, 1.54) is 0 Å². The van der Waals surface area contributed by atoms with Crippen LogP contribution >= 0.6 is 0 Å². The van der Waals surface area contributed by atoms with Crippen molar-refractivity contribution in [3.63, 3.8) is 0 Å². The van der Waals surface area contributed by atoms with Crippen molar-refractivity contribution < 1.29 is 19.7 Å². The first-order chi connectivity index (χ1) is 10.6. The maximum atomic E-state index is 9.57. The normalized spacial score (nSPS) is 12.6. The van der Waals surface area contributed by atoms with Gasteiger partial charge in [-0.25, -0.2) is 0 Å². The number of hydrogen-bond donors (Lipinski definition) is 2. The van der Waals surface area contributed by atoms with Crippen molar-refractivity contribution in [2.75, 3.05) is 34.4 Å². The number of nitrogens with zero attached hydrogens (tertiary/aromatic N) is 1. The Kier molecular flexibility index (Phi) is 5.60. The second-order valence-corrected chi connectivity index (χ2v) is 5.34. The third kappa shape index (κ3) is 3.50. The summed E-state index contributed by atoms with van der Waals surface area (Å²) in [6.45, 7) is 0.800. The van der Waals surface area contributed by atoms with Crippen molar-refractivity contribution in [1.29, 1.82) is 0 Å². The smallest absolute Gasteiger partial charge is 0.127 e. The van der Waals surface area contributed by atoms with E-state index in [-0.39, 0.29) is 6.61 Å². The molecule has 0 aliphatic carbocycles. The average molecular weight is 305 g/mol. The highest BCUT2D eigenvalue weighted by atomic mass is 16.5. The summed E-state index contributed by atoms with van der Waals surface area (Å²) in [5.74, 6) is 1.60. The van der Waals surface area contributed by atoms with Crippen LogP contribution in [0.25, 0.3) is 10.8 Å². The summed E-state index contributed by atoms with van der Waals surface area (Å²) < 4.78 is 10.9. The maximum absolute atomic E-state index is 9.57. The molecule has 5 nitrogen and oxygen atoms in total. The second-order valence-electron chi connectivity index (χ2n) is 5.34. The van der Waals surface area contributed by atoms with Crippen molar-refractivity contribution in [2.45, 2.75) is 12.6 Å². The van der Waals surface area contributed by atoms with Crippen LogP contribution in [0, 0.1) is 0 Å². The molecule has 0 spiro atoms. The summed E-state index contributed by atoms with van der Waals surface area (Å²) in [6.07, 6.45) is -0.739. The molecule has 0 fully saturated rings. The molecule has 22 heavy (non-hydrogen) atoms. The number of hydrogen-bond acceptors (Lipinski definition) is 5. The molecular weight excluding hydrogens is 282 g/mol. The maximum Gasteiger partial charge on any atom is 0.127 e. The number of aliphatic hydroxyl groups excluding tert-OH is 2. The van der Waals surface area contributed by atoms with Crippen molar-refractivity contribution in [3.05, 3.63) is 35.9 Å². The van der Waals surface area contributed by atoms with Crippen molar-refractivity contribution in [1.82, 2.24) is 4.90 Å². The van der Waals surface area contributed by atoms with E-state index < -0.39 is 6.10 Å². The highest BCUT2D eigenvalue weighted by Gasteiger charge is 2.14. The van der Waals surface area contributed by atoms with Crippen LogP contribution in [0.4, 0.5) is 0 Å². The second kappa shape index (κ2) is 7.45. The Morgan fingerprint density at radius 1 is 1.09 bits per heavy atom. The molecule has 1 atom stereocenters. The molecule has 0 saturated carbocycles. The summed E-state index contributed by atoms with van der Waals surface area (Å²) in [5.41, 5.74) is 1.08. The molecule has 2 aromatic carbocycles. The fourth-order valence-electron chi connectivity index (χ4n) is 2.67. The zero-order valence-corrected chi connectivity index (χ0v) is 13.2. The third-order valence-electron chi connectivity index (χ3n) is 3.66. The molecule has 0 aromatic heterocycles. The SMILES string of the molecule is COc1ccc(CN(C)CC(O)CO)c2c(OC)cccc12. The standard InChI is InChI=1S/C17H23NO4/c1-18(10-13(20)11-19)9-12-7-8-15(21-2)14-5-4-6-16(22-3)17(12)14/h4-8,13,19-20H,9-11H2,1-3H3. The number of benzene rings is 2. The minimum absolute atomic E-state index is 0.239. The van der Waals surface area contributed by atoms with Crippen LogP contribution in [-0.4, -0.2) is 55.6 Å². The van der Waals surface area contributed by atoms with Gasteiger partial charge in [-0.2, -0.15) is 0 Å². The van der Waals surface area contributed by atoms with Gasteiger partial charge in [-0.1, -0.05) is 18.2 Å². The van der Waals surface area contributed by atoms with E-state index in [0.29, 0.717) is 13.1 Å². The largest absolute Gasteiger partial charge is 0.496 e. The lowest BCUT2D eigenvalue weighted by Gasteiger charge is -2.21. The molecule has 0 aliphatic heterocycles. The van der Waals surface area contributed by atoms with E-state index >= 15 is 0 Å². The van der Waals surface area contributed by atoms with Gasteiger partial charge in [0.25, 0.3) is 0 Å². The minimum Gasteiger partial charge on any atom is -0.496 e. The van der Waals surface area contributed by atoms with E-state index in [2.05, 4.69) is 0 Å². The van der Waals surface area contributed by atoms with Crippen LogP contribution in [0.15, 0.2) is 30.3 Å². The first kappa shape index (κ1) is 16.5. The first-order valence-electron chi connectivity index (χ1n) is 7.20. The van der Waals surface area contributed by atoms with Crippen molar-refractivity contribution >= 4 is 10.8 Å². The van der Waals surface area contributed by atoms with Crippen LogP contribution < -0.4 is 9.47 Å². The molecular formula is C17H23NO4. The van der Waals surface area contributed by atoms with E-state index in [0.717, 1.165) is 27.8 Å². The van der Waals surface area contributed by atoms with Crippen LogP contribution in [0.1, 0.15) is 5.56 Å². The Morgan fingerprint density at radius 2 is 1.82 bits per heavy atom. The summed E-state index contributed by atoms with van der Waals surface area (Å²) in [6, 6.07) is 9.81. The van der Waals surface area contributed by atoms with Crippen LogP contribution in [-0.2, 0) is 6.54 Å². The van der Waals surface area contributed by atoms with Crippen molar-refractivity contribution in [3.8, 4) is 11.5 Å². The monoisotopic (exact) mass is 305 g/mol. The van der Waals surface area contributed by atoms with Gasteiger partial charge < -0.3 is 19.7 Å². The fourth-order valence-corrected chi connectivity index (χ4v) is 2.67. The van der Waals surface area contributed by atoms with E-state index in [1.807, 2.05) is 42.3 Å². The van der Waals surface area contributed by atoms with E-state index in [4.69, 9.17) is 14.6 Å². The van der Waals surface area contributed by atoms with Gasteiger partial charge in [0.1, 0.15) is 11.5 Å². The number of fused-ring (bicyclic) bond motifs is 1. The van der Waals surface area contributed by atoms with Crippen molar-refractivity contribution in [2.24, 2.45) is 0 Å². The number of aliphatic hydroxyl groups is 2. The molecule has 120 valence electrons. The molecule has 2 rings (SSSR count). The summed E-state index contributed by atoms with van der Waals surface area (Å²) in [4.78, 5) is 1.97. The Bertz CT molecular complexity index is 629. The van der Waals surface area contributed by atoms with Crippen LogP contribution in [0.3, 0.4) is 0 Å². The highest BCUT2D eigenvalue weighted by Crippen LogP contribution is 2.35.